The number of ether oxygens (including phenoxy) is 2. The van der Waals surface area contributed by atoms with E-state index in [0.717, 1.165) is 22.1 Å². The Balaban J connectivity index is 1.31. The molecule has 1 aliphatic heterocycles. The van der Waals surface area contributed by atoms with Crippen LogP contribution in [0.2, 0.25) is 0 Å². The van der Waals surface area contributed by atoms with Crippen molar-refractivity contribution in [2.24, 2.45) is 16.8 Å². The lowest BCUT2D eigenvalue weighted by atomic mass is 10.2. The van der Waals surface area contributed by atoms with E-state index >= 15 is 0 Å². The molecule has 3 atom stereocenters. The topological polar surface area (TPSA) is 114 Å². The molecule has 0 amide bonds. The second kappa shape index (κ2) is 8.66. The summed E-state index contributed by atoms with van der Waals surface area (Å²) in [5.74, 6) is 1.12. The highest BCUT2D eigenvalue weighted by Gasteiger charge is 2.40. The number of aromatic amines is 1. The Hall–Kier alpha value is -2.85. The smallest absolute Gasteiger partial charge is 0.287 e. The fourth-order valence-corrected chi connectivity index (χ4v) is 3.68. The van der Waals surface area contributed by atoms with Gasteiger partial charge < -0.3 is 14.8 Å². The van der Waals surface area contributed by atoms with Crippen LogP contribution in [0, 0.1) is 18.8 Å². The zero-order valence-corrected chi connectivity index (χ0v) is 17.0. The van der Waals surface area contributed by atoms with E-state index in [-0.39, 0.29) is 11.7 Å². The number of rotatable bonds is 8. The predicted molar refractivity (Wildman–Crippen MR) is 110 cm³/mol. The second-order valence-corrected chi connectivity index (χ2v) is 8.15. The lowest BCUT2D eigenvalue weighted by Gasteiger charge is -2.07. The molecule has 3 heterocycles. The summed E-state index contributed by atoms with van der Waals surface area (Å²) >= 11 is 1.48. The highest BCUT2D eigenvalue weighted by Crippen LogP contribution is 2.45. The Labute approximate surface area is 171 Å². The third-order valence-corrected chi connectivity index (χ3v) is 5.57. The highest BCUT2D eigenvalue weighted by atomic mass is 32.1. The van der Waals surface area contributed by atoms with Crippen molar-refractivity contribution in [1.29, 1.82) is 0 Å². The molecular formula is C19H22N6O3S. The van der Waals surface area contributed by atoms with E-state index < -0.39 is 0 Å². The van der Waals surface area contributed by atoms with Crippen molar-refractivity contribution < 1.29 is 9.47 Å². The van der Waals surface area contributed by atoms with Gasteiger partial charge in [0.1, 0.15) is 21.8 Å². The van der Waals surface area contributed by atoms with Crippen LogP contribution in [-0.2, 0) is 11.3 Å². The van der Waals surface area contributed by atoms with Crippen LogP contribution in [0.3, 0.4) is 0 Å². The number of hydrogen-bond acceptors (Lipinski definition) is 9. The van der Waals surface area contributed by atoms with E-state index in [4.69, 9.17) is 9.47 Å². The minimum atomic E-state index is -0.305. The monoisotopic (exact) mass is 414 g/mol. The van der Waals surface area contributed by atoms with Gasteiger partial charge in [-0.15, -0.1) is 15.3 Å². The van der Waals surface area contributed by atoms with Crippen LogP contribution in [0.1, 0.15) is 16.4 Å². The SMILES string of the molecule is COC1C=CC=C([C@H]2C[C@@H]2COc2cc(NCc3nnc(C)s3)c(=O)[nH]n2)N=C1. The van der Waals surface area contributed by atoms with E-state index in [1.165, 1.54) is 11.3 Å². The average Bonchev–Trinajstić information content (AvgIpc) is 3.43. The Morgan fingerprint density at radius 3 is 3.07 bits per heavy atom. The number of nitrogens with one attached hydrogen (secondary N) is 2. The molecule has 2 aliphatic rings. The van der Waals surface area contributed by atoms with Gasteiger partial charge in [0.05, 0.1) is 13.2 Å². The maximum absolute atomic E-state index is 12.0. The molecule has 0 aromatic carbocycles. The zero-order chi connectivity index (χ0) is 20.2. The van der Waals surface area contributed by atoms with Gasteiger partial charge in [-0.25, -0.2) is 5.10 Å². The van der Waals surface area contributed by atoms with E-state index in [2.05, 4.69) is 30.7 Å². The molecule has 10 heteroatoms. The van der Waals surface area contributed by atoms with E-state index in [1.54, 1.807) is 13.2 Å². The Bertz CT molecular complexity index is 1010. The number of hydrogen-bond donors (Lipinski definition) is 2. The van der Waals surface area contributed by atoms with Gasteiger partial charge in [0.25, 0.3) is 5.56 Å². The first-order valence-corrected chi connectivity index (χ1v) is 10.1. The van der Waals surface area contributed by atoms with Crippen molar-refractivity contribution in [3.8, 4) is 5.88 Å². The van der Waals surface area contributed by atoms with Crippen LogP contribution >= 0.6 is 11.3 Å². The first-order valence-electron chi connectivity index (χ1n) is 9.33. The molecule has 0 radical (unpaired) electrons. The number of methoxy groups -OCH3 is 1. The van der Waals surface area contributed by atoms with Crippen molar-refractivity contribution in [2.75, 3.05) is 19.0 Å². The van der Waals surface area contributed by atoms with Crippen LogP contribution < -0.4 is 15.6 Å². The average molecular weight is 414 g/mol. The van der Waals surface area contributed by atoms with Crippen molar-refractivity contribution >= 4 is 23.2 Å². The number of aromatic nitrogens is 4. The van der Waals surface area contributed by atoms with Gasteiger partial charge in [-0.2, -0.15) is 0 Å². The van der Waals surface area contributed by atoms with Gasteiger partial charge in [-0.05, 0) is 19.4 Å². The van der Waals surface area contributed by atoms with E-state index in [1.807, 2.05) is 31.4 Å². The van der Waals surface area contributed by atoms with Gasteiger partial charge in [0, 0.05) is 36.9 Å². The Morgan fingerprint density at radius 1 is 1.38 bits per heavy atom. The molecule has 0 saturated heterocycles. The molecule has 0 bridgehead atoms. The molecule has 1 aliphatic carbocycles. The lowest BCUT2D eigenvalue weighted by molar-refractivity contribution is 0.195. The van der Waals surface area contributed by atoms with Gasteiger partial charge in [-0.3, -0.25) is 9.79 Å². The molecular weight excluding hydrogens is 392 g/mol. The summed E-state index contributed by atoms with van der Waals surface area (Å²) in [6.07, 6.45) is 8.71. The van der Waals surface area contributed by atoms with Crippen molar-refractivity contribution in [1.82, 2.24) is 20.4 Å². The minimum absolute atomic E-state index is 0.0856. The Kier molecular flexibility index (Phi) is 5.81. The van der Waals surface area contributed by atoms with Crippen molar-refractivity contribution in [3.63, 3.8) is 0 Å². The van der Waals surface area contributed by atoms with Crippen LogP contribution in [0.25, 0.3) is 0 Å². The van der Waals surface area contributed by atoms with Crippen molar-refractivity contribution in [2.45, 2.75) is 26.0 Å². The normalized spacial score (nSPS) is 22.8. The highest BCUT2D eigenvalue weighted by molar-refractivity contribution is 7.11. The zero-order valence-electron chi connectivity index (χ0n) is 16.2. The summed E-state index contributed by atoms with van der Waals surface area (Å²) in [5, 5.41) is 19.2. The summed E-state index contributed by atoms with van der Waals surface area (Å²) in [5.41, 5.74) is 1.13. The van der Waals surface area contributed by atoms with Crippen LogP contribution in [0.5, 0.6) is 5.88 Å². The van der Waals surface area contributed by atoms with Gasteiger partial charge in [0.2, 0.25) is 5.88 Å². The molecule has 0 spiro atoms. The quantitative estimate of drug-likeness (QED) is 0.680. The molecule has 1 fully saturated rings. The number of nitrogens with zero attached hydrogens (tertiary/aromatic N) is 4. The third-order valence-electron chi connectivity index (χ3n) is 4.74. The molecule has 2 aromatic rings. The van der Waals surface area contributed by atoms with Crippen LogP contribution in [0.15, 0.2) is 39.8 Å². The predicted octanol–water partition coefficient (Wildman–Crippen LogP) is 2.10. The second-order valence-electron chi connectivity index (χ2n) is 6.89. The van der Waals surface area contributed by atoms with E-state index in [0.29, 0.717) is 36.6 Å². The minimum Gasteiger partial charge on any atom is -0.476 e. The largest absolute Gasteiger partial charge is 0.476 e. The number of anilines is 1. The summed E-state index contributed by atoms with van der Waals surface area (Å²) in [6.45, 7) is 2.83. The number of aliphatic imine (C=N–C) groups is 1. The first-order chi connectivity index (χ1) is 14.1. The molecule has 29 heavy (non-hydrogen) atoms. The molecule has 1 saturated carbocycles. The summed E-state index contributed by atoms with van der Waals surface area (Å²) < 4.78 is 11.1. The maximum Gasteiger partial charge on any atom is 0.287 e. The maximum atomic E-state index is 12.0. The number of H-pyrrole nitrogens is 1. The number of aryl methyl sites for hydroxylation is 1. The fraction of sp³-hybridized carbons (Fsp3) is 0.421. The summed E-state index contributed by atoms with van der Waals surface area (Å²) in [7, 11) is 1.66. The fourth-order valence-electron chi connectivity index (χ4n) is 3.03. The summed E-state index contributed by atoms with van der Waals surface area (Å²) in [4.78, 5) is 16.5. The standard InChI is InChI=1S/C19H22N6O3S/c1-11-22-24-18(29-11)9-21-16-7-17(23-25-19(16)26)28-10-12-6-14(12)15-5-3-4-13(27-2)8-20-15/h3-5,7-8,12-14H,6,9-10H2,1-2H3,(H,21,23)(H,25,26)/t12-,13?,14+/m1/s1. The molecule has 152 valence electrons. The molecule has 1 unspecified atom stereocenters. The molecule has 2 N–H and O–H groups in total. The number of allylic oxidation sites excluding steroid dienone is 3. The van der Waals surface area contributed by atoms with Crippen LogP contribution in [-0.4, -0.2) is 46.4 Å². The van der Waals surface area contributed by atoms with Gasteiger partial charge in [0.15, 0.2) is 0 Å². The molecule has 9 nitrogen and oxygen atoms in total. The first kappa shape index (κ1) is 19.5. The Morgan fingerprint density at radius 2 is 2.28 bits per heavy atom. The van der Waals surface area contributed by atoms with Crippen molar-refractivity contribution in [3.05, 3.63) is 50.4 Å². The lowest BCUT2D eigenvalue weighted by Crippen LogP contribution is -2.16. The van der Waals surface area contributed by atoms with Crippen LogP contribution in [0.4, 0.5) is 5.69 Å². The summed E-state index contributed by atoms with van der Waals surface area (Å²) in [6, 6.07) is 1.61. The molecule has 2 aromatic heterocycles. The van der Waals surface area contributed by atoms with E-state index in [9.17, 15) is 4.79 Å². The third kappa shape index (κ3) is 4.96. The van der Waals surface area contributed by atoms with Gasteiger partial charge in [-0.1, -0.05) is 23.5 Å². The molecule has 4 rings (SSSR count). The van der Waals surface area contributed by atoms with Gasteiger partial charge >= 0.3 is 0 Å².